The van der Waals surface area contributed by atoms with E-state index < -0.39 is 0 Å². The van der Waals surface area contributed by atoms with Gasteiger partial charge in [-0.2, -0.15) is 0 Å². The molecule has 0 N–H and O–H groups in total. The molecule has 2 nitrogen and oxygen atoms in total. The fraction of sp³-hybridized carbons (Fsp3) is 0.400. The van der Waals surface area contributed by atoms with Gasteiger partial charge >= 0.3 is 0 Å². The maximum atomic E-state index is 5.16. The summed E-state index contributed by atoms with van der Waals surface area (Å²) in [5.41, 5.74) is 2.65. The largest absolute Gasteiger partial charge is 0.378 e. The van der Waals surface area contributed by atoms with Gasteiger partial charge in [0.25, 0.3) is 0 Å². The van der Waals surface area contributed by atoms with E-state index in [1.165, 1.54) is 29.8 Å². The topological polar surface area (TPSA) is 22.1 Å². The van der Waals surface area contributed by atoms with Crippen molar-refractivity contribution in [2.45, 2.75) is 31.3 Å². The Hall–Kier alpha value is -1.19. The van der Waals surface area contributed by atoms with Gasteiger partial charge in [-0.15, -0.1) is 11.3 Å². The Morgan fingerprint density at radius 1 is 1.28 bits per heavy atom. The Bertz CT molecular complexity index is 516. The summed E-state index contributed by atoms with van der Waals surface area (Å²) >= 11 is 1.78. The lowest BCUT2D eigenvalue weighted by molar-refractivity contribution is 0.181. The molecule has 0 atom stereocenters. The fourth-order valence-electron chi connectivity index (χ4n) is 2.65. The van der Waals surface area contributed by atoms with Crippen molar-refractivity contribution in [3.05, 3.63) is 52.0 Å². The van der Waals surface area contributed by atoms with Crippen molar-refractivity contribution in [1.82, 2.24) is 4.98 Å². The molecule has 2 aromatic rings. The third-order valence-electron chi connectivity index (χ3n) is 3.79. The van der Waals surface area contributed by atoms with Crippen LogP contribution in [0.1, 0.15) is 35.5 Å². The molecule has 94 valence electrons. The molecule has 1 saturated carbocycles. The van der Waals surface area contributed by atoms with Crippen LogP contribution in [0.2, 0.25) is 0 Å². The molecule has 1 aromatic carbocycles. The molecule has 0 amide bonds. The first kappa shape index (κ1) is 11.9. The van der Waals surface area contributed by atoms with Gasteiger partial charge < -0.3 is 4.74 Å². The number of aromatic nitrogens is 1. The van der Waals surface area contributed by atoms with Crippen LogP contribution < -0.4 is 0 Å². The Morgan fingerprint density at radius 2 is 2.06 bits per heavy atom. The third kappa shape index (κ3) is 1.88. The smallest absolute Gasteiger partial charge is 0.103 e. The first-order valence-corrected chi connectivity index (χ1v) is 7.22. The average molecular weight is 259 g/mol. The first-order chi connectivity index (χ1) is 8.85. The zero-order valence-corrected chi connectivity index (χ0v) is 11.4. The average Bonchev–Trinajstić information content (AvgIpc) is 2.79. The van der Waals surface area contributed by atoms with E-state index in [0.29, 0.717) is 6.61 Å². The van der Waals surface area contributed by atoms with E-state index in [-0.39, 0.29) is 5.41 Å². The highest BCUT2D eigenvalue weighted by Crippen LogP contribution is 2.49. The number of rotatable bonds is 4. The summed E-state index contributed by atoms with van der Waals surface area (Å²) in [5.74, 6) is 0. The quantitative estimate of drug-likeness (QED) is 0.834. The molecule has 0 radical (unpaired) electrons. The van der Waals surface area contributed by atoms with Crippen molar-refractivity contribution in [3.8, 4) is 0 Å². The van der Waals surface area contributed by atoms with E-state index in [4.69, 9.17) is 9.72 Å². The zero-order chi connectivity index (χ0) is 12.4. The second-order valence-corrected chi connectivity index (χ2v) is 5.74. The lowest BCUT2D eigenvalue weighted by atomic mass is 9.65. The Labute approximate surface area is 112 Å². The highest BCUT2D eigenvalue weighted by Gasteiger charge is 2.42. The summed E-state index contributed by atoms with van der Waals surface area (Å²) in [7, 11) is 1.72. The zero-order valence-electron chi connectivity index (χ0n) is 10.6. The summed E-state index contributed by atoms with van der Waals surface area (Å²) in [4.78, 5) is 4.76. The van der Waals surface area contributed by atoms with Crippen molar-refractivity contribution in [2.24, 2.45) is 0 Å². The van der Waals surface area contributed by atoms with E-state index in [2.05, 4.69) is 35.7 Å². The van der Waals surface area contributed by atoms with Gasteiger partial charge in [0.15, 0.2) is 0 Å². The van der Waals surface area contributed by atoms with Crippen molar-refractivity contribution < 1.29 is 4.74 Å². The van der Waals surface area contributed by atoms with E-state index in [1.807, 2.05) is 0 Å². The van der Waals surface area contributed by atoms with Crippen LogP contribution in [-0.4, -0.2) is 12.1 Å². The number of methoxy groups -OCH3 is 1. The molecule has 1 heterocycles. The lowest BCUT2D eigenvalue weighted by Crippen LogP contribution is -2.35. The molecule has 0 spiro atoms. The molecule has 0 bridgehead atoms. The van der Waals surface area contributed by atoms with E-state index in [9.17, 15) is 0 Å². The molecule has 1 fully saturated rings. The maximum Gasteiger partial charge on any atom is 0.103 e. The SMILES string of the molecule is COCc1csc(C2(c3ccccc3)CCC2)n1. The van der Waals surface area contributed by atoms with Gasteiger partial charge in [-0.25, -0.2) is 4.98 Å². The van der Waals surface area contributed by atoms with Crippen LogP contribution in [0.15, 0.2) is 35.7 Å². The van der Waals surface area contributed by atoms with Crippen LogP contribution in [0.25, 0.3) is 0 Å². The predicted octanol–water partition coefficient (Wildman–Crippen LogP) is 3.76. The van der Waals surface area contributed by atoms with Crippen LogP contribution >= 0.6 is 11.3 Å². The summed E-state index contributed by atoms with van der Waals surface area (Å²) in [5, 5.41) is 3.38. The Balaban J connectivity index is 1.96. The van der Waals surface area contributed by atoms with Crippen LogP contribution in [0.3, 0.4) is 0 Å². The lowest BCUT2D eigenvalue weighted by Gasteiger charge is -2.40. The van der Waals surface area contributed by atoms with Crippen LogP contribution in [0.5, 0.6) is 0 Å². The summed E-state index contributed by atoms with van der Waals surface area (Å²) in [6, 6.07) is 10.8. The minimum Gasteiger partial charge on any atom is -0.378 e. The number of ether oxygens (including phenoxy) is 1. The first-order valence-electron chi connectivity index (χ1n) is 6.34. The van der Waals surface area contributed by atoms with Crippen molar-refractivity contribution >= 4 is 11.3 Å². The maximum absolute atomic E-state index is 5.16. The van der Waals surface area contributed by atoms with Gasteiger partial charge in [0.1, 0.15) is 5.01 Å². The summed E-state index contributed by atoms with van der Waals surface area (Å²) in [6.07, 6.45) is 3.74. The van der Waals surface area contributed by atoms with Crippen molar-refractivity contribution in [3.63, 3.8) is 0 Å². The normalized spacial score (nSPS) is 17.4. The molecule has 1 aliphatic rings. The molecule has 18 heavy (non-hydrogen) atoms. The van der Waals surface area contributed by atoms with Crippen LogP contribution in [0, 0.1) is 0 Å². The minimum atomic E-state index is 0.178. The minimum absolute atomic E-state index is 0.178. The second kappa shape index (κ2) is 4.82. The number of hydrogen-bond acceptors (Lipinski definition) is 3. The van der Waals surface area contributed by atoms with Crippen LogP contribution in [0.4, 0.5) is 0 Å². The highest BCUT2D eigenvalue weighted by atomic mass is 32.1. The Morgan fingerprint density at radius 3 is 2.67 bits per heavy atom. The van der Waals surface area contributed by atoms with Gasteiger partial charge in [-0.1, -0.05) is 36.8 Å². The molecular formula is C15H17NOS. The van der Waals surface area contributed by atoms with Gasteiger partial charge in [-0.05, 0) is 18.4 Å². The number of nitrogens with zero attached hydrogens (tertiary/aromatic N) is 1. The van der Waals surface area contributed by atoms with Crippen molar-refractivity contribution in [1.29, 1.82) is 0 Å². The molecule has 0 saturated heterocycles. The van der Waals surface area contributed by atoms with Crippen LogP contribution in [-0.2, 0) is 16.8 Å². The van der Waals surface area contributed by atoms with Gasteiger partial charge in [0.05, 0.1) is 12.3 Å². The number of benzene rings is 1. The van der Waals surface area contributed by atoms with Gasteiger partial charge in [0.2, 0.25) is 0 Å². The van der Waals surface area contributed by atoms with Crippen molar-refractivity contribution in [2.75, 3.05) is 7.11 Å². The fourth-order valence-corrected chi connectivity index (χ4v) is 3.74. The molecule has 1 aromatic heterocycles. The molecule has 3 heteroatoms. The third-order valence-corrected chi connectivity index (χ3v) is 4.88. The van der Waals surface area contributed by atoms with E-state index in [0.717, 1.165) is 5.69 Å². The number of hydrogen-bond donors (Lipinski definition) is 0. The highest BCUT2D eigenvalue weighted by molar-refractivity contribution is 7.09. The standard InChI is InChI=1S/C15H17NOS/c1-17-10-13-11-18-14(16-13)15(8-5-9-15)12-6-3-2-4-7-12/h2-4,6-7,11H,5,8-10H2,1H3. The number of thiazole rings is 1. The van der Waals surface area contributed by atoms with E-state index >= 15 is 0 Å². The van der Waals surface area contributed by atoms with Gasteiger partial charge in [-0.3, -0.25) is 0 Å². The summed E-state index contributed by atoms with van der Waals surface area (Å²) < 4.78 is 5.16. The molecule has 0 unspecified atom stereocenters. The molecule has 3 rings (SSSR count). The van der Waals surface area contributed by atoms with E-state index in [1.54, 1.807) is 18.4 Å². The second-order valence-electron chi connectivity index (χ2n) is 4.88. The molecule has 1 aliphatic carbocycles. The Kier molecular flexibility index (Phi) is 3.18. The van der Waals surface area contributed by atoms with Gasteiger partial charge in [0, 0.05) is 17.9 Å². The monoisotopic (exact) mass is 259 g/mol. The summed E-state index contributed by atoms with van der Waals surface area (Å²) in [6.45, 7) is 0.612. The molecular weight excluding hydrogens is 242 g/mol. The predicted molar refractivity (Wildman–Crippen MR) is 73.9 cm³/mol. The molecule has 0 aliphatic heterocycles.